The maximum atomic E-state index is 11.4. The first-order chi connectivity index (χ1) is 10.1. The van der Waals surface area contributed by atoms with Gasteiger partial charge in [-0.1, -0.05) is 0 Å². The van der Waals surface area contributed by atoms with Crippen LogP contribution < -0.4 is 5.73 Å². The lowest BCUT2D eigenvalue weighted by Gasteiger charge is -1.99. The number of carbonyl (C=O) groups excluding carboxylic acids is 1. The van der Waals surface area contributed by atoms with Gasteiger partial charge in [0.25, 0.3) is 11.6 Å². The van der Waals surface area contributed by atoms with Crippen LogP contribution >= 0.6 is 11.3 Å². The van der Waals surface area contributed by atoms with E-state index in [1.807, 2.05) is 0 Å². The first-order valence-corrected chi connectivity index (χ1v) is 6.54. The number of nitro benzene ring substituents is 1. The fraction of sp³-hybridized carbons (Fsp3) is 0. The van der Waals surface area contributed by atoms with Crippen LogP contribution in [0.3, 0.4) is 0 Å². The zero-order chi connectivity index (χ0) is 15.0. The molecule has 0 unspecified atom stereocenters. The molecule has 2 aromatic heterocycles. The number of fused-ring (bicyclic) bond motifs is 1. The van der Waals surface area contributed by atoms with E-state index in [4.69, 9.17) is 5.73 Å². The zero-order valence-corrected chi connectivity index (χ0v) is 11.2. The summed E-state index contributed by atoms with van der Waals surface area (Å²) in [5, 5.41) is 11.2. The molecule has 0 spiro atoms. The second kappa shape index (κ2) is 4.87. The molecule has 1 aromatic carbocycles. The second-order valence-corrected chi connectivity index (χ2v) is 5.08. The third-order valence-electron chi connectivity index (χ3n) is 2.72. The molecule has 0 radical (unpaired) electrons. The Morgan fingerprint density at radius 3 is 2.76 bits per heavy atom. The number of amides is 1. The second-order valence-electron chi connectivity index (χ2n) is 4.05. The van der Waals surface area contributed by atoms with Gasteiger partial charge >= 0.3 is 0 Å². The molecule has 0 aliphatic heterocycles. The molecule has 0 bridgehead atoms. The maximum Gasteiger partial charge on any atom is 0.271 e. The molecule has 104 valence electrons. The Labute approximate surface area is 121 Å². The van der Waals surface area contributed by atoms with E-state index in [0.29, 0.717) is 10.5 Å². The number of benzene rings is 1. The normalized spacial score (nSPS) is 10.7. The summed E-state index contributed by atoms with van der Waals surface area (Å²) in [7, 11) is 0. The molecule has 0 aliphatic rings. The van der Waals surface area contributed by atoms with Gasteiger partial charge in [0.15, 0.2) is 5.69 Å². The van der Waals surface area contributed by atoms with Crippen molar-refractivity contribution < 1.29 is 9.72 Å². The Hall–Kier alpha value is -2.94. The van der Waals surface area contributed by atoms with Crippen LogP contribution in [0.4, 0.5) is 5.69 Å². The smallest absolute Gasteiger partial charge is 0.271 e. The van der Waals surface area contributed by atoms with Crippen molar-refractivity contribution in [2.75, 3.05) is 0 Å². The Kier molecular flexibility index (Phi) is 3.03. The van der Waals surface area contributed by atoms with E-state index >= 15 is 0 Å². The van der Waals surface area contributed by atoms with Crippen LogP contribution in [0.1, 0.15) is 10.5 Å². The van der Waals surface area contributed by atoms with E-state index in [9.17, 15) is 14.9 Å². The molecule has 9 heteroatoms. The number of nitro groups is 1. The Morgan fingerprint density at radius 2 is 2.05 bits per heavy atom. The fourth-order valence-electron chi connectivity index (χ4n) is 1.81. The molecular formula is C12H7N5O3S. The van der Waals surface area contributed by atoms with Crippen molar-refractivity contribution >= 4 is 33.1 Å². The maximum absolute atomic E-state index is 11.4. The van der Waals surface area contributed by atoms with Gasteiger partial charge in [-0.25, -0.2) is 15.0 Å². The van der Waals surface area contributed by atoms with Crippen molar-refractivity contribution in [3.05, 3.63) is 46.4 Å². The highest BCUT2D eigenvalue weighted by molar-refractivity contribution is 7.21. The number of hydrogen-bond donors (Lipinski definition) is 1. The molecular weight excluding hydrogens is 294 g/mol. The van der Waals surface area contributed by atoms with E-state index in [1.165, 1.54) is 35.9 Å². The Balaban J connectivity index is 2.18. The molecule has 3 rings (SSSR count). The Bertz CT molecular complexity index is 876. The first kappa shape index (κ1) is 13.1. The minimum Gasteiger partial charge on any atom is -0.364 e. The number of thiazole rings is 1. The van der Waals surface area contributed by atoms with E-state index in [1.54, 1.807) is 6.07 Å². The van der Waals surface area contributed by atoms with Gasteiger partial charge < -0.3 is 5.73 Å². The van der Waals surface area contributed by atoms with E-state index in [0.717, 1.165) is 4.70 Å². The van der Waals surface area contributed by atoms with Gasteiger partial charge in [0, 0.05) is 24.5 Å². The van der Waals surface area contributed by atoms with Crippen LogP contribution in [-0.2, 0) is 0 Å². The molecule has 0 atom stereocenters. The predicted molar refractivity (Wildman–Crippen MR) is 75.8 cm³/mol. The van der Waals surface area contributed by atoms with Gasteiger partial charge in [-0.15, -0.1) is 11.3 Å². The average molecular weight is 301 g/mol. The quantitative estimate of drug-likeness (QED) is 0.580. The molecule has 2 heterocycles. The van der Waals surface area contributed by atoms with Crippen molar-refractivity contribution in [2.24, 2.45) is 5.73 Å². The van der Waals surface area contributed by atoms with Crippen LogP contribution in [0.25, 0.3) is 20.9 Å². The number of carbonyl (C=O) groups is 1. The number of nitrogens with two attached hydrogens (primary N) is 1. The molecule has 0 fully saturated rings. The molecule has 0 aliphatic carbocycles. The third-order valence-corrected chi connectivity index (χ3v) is 3.76. The van der Waals surface area contributed by atoms with E-state index in [2.05, 4.69) is 15.0 Å². The first-order valence-electron chi connectivity index (χ1n) is 5.72. The summed E-state index contributed by atoms with van der Waals surface area (Å²) in [6, 6.07) is 4.38. The predicted octanol–water partition coefficient (Wildman–Crippen LogP) is 1.76. The molecule has 2 N–H and O–H groups in total. The van der Waals surface area contributed by atoms with Gasteiger partial charge in [-0.05, 0) is 6.07 Å². The van der Waals surface area contributed by atoms with E-state index in [-0.39, 0.29) is 17.1 Å². The van der Waals surface area contributed by atoms with Crippen molar-refractivity contribution in [1.29, 1.82) is 0 Å². The highest BCUT2D eigenvalue weighted by atomic mass is 32.1. The molecule has 8 nitrogen and oxygen atoms in total. The largest absolute Gasteiger partial charge is 0.364 e. The number of aromatic nitrogens is 3. The molecule has 1 amide bonds. The minimum absolute atomic E-state index is 0.0195. The molecule has 0 saturated carbocycles. The lowest BCUT2D eigenvalue weighted by atomic mass is 10.3. The van der Waals surface area contributed by atoms with Gasteiger partial charge in [-0.2, -0.15) is 0 Å². The number of rotatable bonds is 3. The lowest BCUT2D eigenvalue weighted by molar-refractivity contribution is -0.384. The van der Waals surface area contributed by atoms with Crippen molar-refractivity contribution in [3.63, 3.8) is 0 Å². The lowest BCUT2D eigenvalue weighted by Crippen LogP contribution is -2.15. The highest BCUT2D eigenvalue weighted by Crippen LogP contribution is 2.31. The number of non-ortho nitro benzene ring substituents is 1. The molecule has 3 aromatic rings. The minimum atomic E-state index is -0.705. The fourth-order valence-corrected chi connectivity index (χ4v) is 2.75. The van der Waals surface area contributed by atoms with Crippen molar-refractivity contribution in [2.45, 2.75) is 0 Å². The summed E-state index contributed by atoms with van der Waals surface area (Å²) < 4.78 is 0.747. The average Bonchev–Trinajstić information content (AvgIpc) is 2.89. The number of hydrogen-bond acceptors (Lipinski definition) is 7. The van der Waals surface area contributed by atoms with Gasteiger partial charge in [-0.3, -0.25) is 14.9 Å². The van der Waals surface area contributed by atoms with Crippen molar-refractivity contribution in [3.8, 4) is 10.7 Å². The van der Waals surface area contributed by atoms with Gasteiger partial charge in [0.1, 0.15) is 10.7 Å². The van der Waals surface area contributed by atoms with Crippen molar-refractivity contribution in [1.82, 2.24) is 15.0 Å². The summed E-state index contributed by atoms with van der Waals surface area (Å²) in [5.74, 6) is -0.705. The number of nitrogens with zero attached hydrogens (tertiary/aromatic N) is 4. The summed E-state index contributed by atoms with van der Waals surface area (Å²) in [4.78, 5) is 33.9. The summed E-state index contributed by atoms with van der Waals surface area (Å²) in [6.07, 6.45) is 2.79. The van der Waals surface area contributed by atoms with Crippen LogP contribution in [0.5, 0.6) is 0 Å². The molecule has 21 heavy (non-hydrogen) atoms. The summed E-state index contributed by atoms with van der Waals surface area (Å²) >= 11 is 1.26. The zero-order valence-electron chi connectivity index (χ0n) is 10.4. The number of primary amides is 1. The molecule has 0 saturated heterocycles. The SMILES string of the molecule is NC(=O)c1nccnc1-c1nc2cc([N+](=O)[O-])ccc2s1. The van der Waals surface area contributed by atoms with Crippen LogP contribution in [0, 0.1) is 10.1 Å². The Morgan fingerprint density at radius 1 is 1.29 bits per heavy atom. The van der Waals surface area contributed by atoms with Crippen LogP contribution in [-0.4, -0.2) is 25.8 Å². The summed E-state index contributed by atoms with van der Waals surface area (Å²) in [6.45, 7) is 0. The van der Waals surface area contributed by atoms with E-state index < -0.39 is 10.8 Å². The van der Waals surface area contributed by atoms with Crippen LogP contribution in [0.15, 0.2) is 30.6 Å². The monoisotopic (exact) mass is 301 g/mol. The van der Waals surface area contributed by atoms with Gasteiger partial charge in [0.05, 0.1) is 15.1 Å². The third kappa shape index (κ3) is 2.30. The van der Waals surface area contributed by atoms with Crippen LogP contribution in [0.2, 0.25) is 0 Å². The topological polar surface area (TPSA) is 125 Å². The summed E-state index contributed by atoms with van der Waals surface area (Å²) in [5.41, 5.74) is 5.96. The standard InChI is InChI=1S/C12H7N5O3S/c13-11(18)9-10(15-4-3-14-9)12-16-7-5-6(17(19)20)1-2-8(7)21-12/h1-5H,(H2,13,18). The highest BCUT2D eigenvalue weighted by Gasteiger charge is 2.17. The van der Waals surface area contributed by atoms with Gasteiger partial charge in [0.2, 0.25) is 0 Å².